The monoisotopic (exact) mass is 321 g/mol. The smallest absolute Gasteiger partial charge is 0.264 e. The summed E-state index contributed by atoms with van der Waals surface area (Å²) < 4.78 is 26.8. The summed E-state index contributed by atoms with van der Waals surface area (Å²) in [4.78, 5) is 1.35. The first kappa shape index (κ1) is 15.9. The van der Waals surface area contributed by atoms with Crippen molar-refractivity contribution in [1.82, 2.24) is 0 Å². The van der Waals surface area contributed by atoms with Gasteiger partial charge in [0.15, 0.2) is 0 Å². The second-order valence-electron chi connectivity index (χ2n) is 4.94. The molecule has 2 aromatic rings. The highest BCUT2D eigenvalue weighted by Gasteiger charge is 2.22. The molecule has 0 unspecified atom stereocenters. The number of thioether (sulfide) groups is 1. The van der Waals surface area contributed by atoms with Crippen LogP contribution in [-0.2, 0) is 10.0 Å². The maximum Gasteiger partial charge on any atom is 0.264 e. The van der Waals surface area contributed by atoms with E-state index in [2.05, 4.69) is 0 Å². The Labute approximate surface area is 131 Å². The normalized spacial score (nSPS) is 11.4. The van der Waals surface area contributed by atoms with Gasteiger partial charge in [0.2, 0.25) is 0 Å². The number of hydrogen-bond donors (Lipinski definition) is 0. The molecule has 0 saturated carbocycles. The summed E-state index contributed by atoms with van der Waals surface area (Å²) in [6.45, 7) is 3.87. The van der Waals surface area contributed by atoms with E-state index in [1.807, 2.05) is 50.4 Å². The van der Waals surface area contributed by atoms with Crippen LogP contribution in [0.2, 0.25) is 0 Å². The Hall–Kier alpha value is -1.46. The van der Waals surface area contributed by atoms with E-state index in [9.17, 15) is 8.42 Å². The molecule has 2 aromatic carbocycles. The molecule has 0 spiro atoms. The minimum absolute atomic E-state index is 0.309. The Kier molecular flexibility index (Phi) is 4.64. The van der Waals surface area contributed by atoms with E-state index in [1.165, 1.54) is 4.31 Å². The lowest BCUT2D eigenvalue weighted by molar-refractivity contribution is 0.594. The molecule has 0 amide bonds. The molecule has 5 heteroatoms. The van der Waals surface area contributed by atoms with E-state index in [0.717, 1.165) is 16.0 Å². The summed E-state index contributed by atoms with van der Waals surface area (Å²) in [6, 6.07) is 12.8. The van der Waals surface area contributed by atoms with Crippen LogP contribution in [-0.4, -0.2) is 21.7 Å². The molecule has 0 atom stereocenters. The molecule has 0 fully saturated rings. The lowest BCUT2D eigenvalue weighted by Crippen LogP contribution is -2.27. The van der Waals surface area contributed by atoms with Gasteiger partial charge in [-0.3, -0.25) is 4.31 Å². The van der Waals surface area contributed by atoms with Gasteiger partial charge in [-0.1, -0.05) is 12.1 Å². The topological polar surface area (TPSA) is 37.4 Å². The molecule has 0 saturated heterocycles. The van der Waals surface area contributed by atoms with Gasteiger partial charge in [0.1, 0.15) is 0 Å². The van der Waals surface area contributed by atoms with Gasteiger partial charge in [0.05, 0.1) is 10.6 Å². The largest absolute Gasteiger partial charge is 0.269 e. The predicted molar refractivity (Wildman–Crippen MR) is 89.7 cm³/mol. The van der Waals surface area contributed by atoms with Gasteiger partial charge in [-0.2, -0.15) is 0 Å². The third-order valence-corrected chi connectivity index (χ3v) is 5.95. The number of aryl methyl sites for hydroxylation is 2. The minimum atomic E-state index is -3.53. The van der Waals surface area contributed by atoms with E-state index < -0.39 is 10.0 Å². The van der Waals surface area contributed by atoms with Gasteiger partial charge in [-0.25, -0.2) is 8.42 Å². The summed E-state index contributed by atoms with van der Waals surface area (Å²) in [5.41, 5.74) is 2.69. The van der Waals surface area contributed by atoms with Crippen LogP contribution < -0.4 is 4.31 Å². The molecule has 0 aliphatic rings. The van der Waals surface area contributed by atoms with Crippen molar-refractivity contribution in [2.45, 2.75) is 23.6 Å². The summed E-state index contributed by atoms with van der Waals surface area (Å²) in [5.74, 6) is 0. The van der Waals surface area contributed by atoms with E-state index >= 15 is 0 Å². The lowest BCUT2D eigenvalue weighted by atomic mass is 10.1. The van der Waals surface area contributed by atoms with Gasteiger partial charge < -0.3 is 0 Å². The molecule has 0 radical (unpaired) electrons. The molecule has 0 aromatic heterocycles. The lowest BCUT2D eigenvalue weighted by Gasteiger charge is -2.22. The fraction of sp³-hybridized carbons (Fsp3) is 0.250. The molecule has 21 heavy (non-hydrogen) atoms. The van der Waals surface area contributed by atoms with Crippen LogP contribution in [0.15, 0.2) is 52.3 Å². The third kappa shape index (κ3) is 3.24. The van der Waals surface area contributed by atoms with Crippen molar-refractivity contribution in [2.75, 3.05) is 17.6 Å². The molecule has 0 heterocycles. The highest BCUT2D eigenvalue weighted by molar-refractivity contribution is 7.98. The number of hydrogen-bond acceptors (Lipinski definition) is 3. The molecule has 0 bridgehead atoms. The third-order valence-electron chi connectivity index (χ3n) is 3.42. The number of sulfonamides is 1. The van der Waals surface area contributed by atoms with E-state index in [4.69, 9.17) is 0 Å². The van der Waals surface area contributed by atoms with Crippen molar-refractivity contribution in [3.8, 4) is 0 Å². The molecule has 3 nitrogen and oxygen atoms in total. The van der Waals surface area contributed by atoms with Crippen molar-refractivity contribution in [3.63, 3.8) is 0 Å². The first-order valence-electron chi connectivity index (χ1n) is 6.56. The minimum Gasteiger partial charge on any atom is -0.269 e. The zero-order valence-electron chi connectivity index (χ0n) is 12.6. The van der Waals surface area contributed by atoms with Crippen LogP contribution in [0.3, 0.4) is 0 Å². The average Bonchev–Trinajstić information content (AvgIpc) is 2.49. The maximum atomic E-state index is 12.7. The van der Waals surface area contributed by atoms with Gasteiger partial charge in [-0.05, 0) is 61.6 Å². The second kappa shape index (κ2) is 6.12. The van der Waals surface area contributed by atoms with Crippen molar-refractivity contribution in [3.05, 3.63) is 53.6 Å². The number of anilines is 1. The second-order valence-corrected chi connectivity index (χ2v) is 7.79. The van der Waals surface area contributed by atoms with Crippen LogP contribution in [0.5, 0.6) is 0 Å². The van der Waals surface area contributed by atoms with Gasteiger partial charge in [-0.15, -0.1) is 11.8 Å². The van der Waals surface area contributed by atoms with Gasteiger partial charge in [0, 0.05) is 11.9 Å². The Morgan fingerprint density at radius 2 is 1.62 bits per heavy atom. The Bertz CT molecular complexity index is 737. The molecule has 0 aliphatic carbocycles. The van der Waals surface area contributed by atoms with Gasteiger partial charge >= 0.3 is 0 Å². The summed E-state index contributed by atoms with van der Waals surface area (Å²) >= 11 is 1.59. The van der Waals surface area contributed by atoms with Crippen molar-refractivity contribution < 1.29 is 8.42 Å². The first-order valence-corrected chi connectivity index (χ1v) is 9.23. The Morgan fingerprint density at radius 1 is 1.00 bits per heavy atom. The number of benzene rings is 2. The molecule has 2 rings (SSSR count). The van der Waals surface area contributed by atoms with Crippen LogP contribution in [0.4, 0.5) is 5.69 Å². The van der Waals surface area contributed by atoms with Gasteiger partial charge in [0.25, 0.3) is 10.0 Å². The van der Waals surface area contributed by atoms with Crippen LogP contribution in [0.1, 0.15) is 11.1 Å². The predicted octanol–water partition coefficient (Wildman–Crippen LogP) is 3.85. The van der Waals surface area contributed by atoms with Crippen molar-refractivity contribution in [2.24, 2.45) is 0 Å². The Morgan fingerprint density at radius 3 is 2.19 bits per heavy atom. The first-order chi connectivity index (χ1) is 9.86. The highest BCUT2D eigenvalue weighted by Crippen LogP contribution is 2.27. The molecule has 112 valence electrons. The average molecular weight is 321 g/mol. The standard InChI is InChI=1S/C16H19NO2S2/c1-12-5-6-13(2)16(11-12)17(3)21(18,19)15-9-7-14(20-4)8-10-15/h5-11H,1-4H3. The van der Waals surface area contributed by atoms with Crippen LogP contribution in [0, 0.1) is 13.8 Å². The molecular formula is C16H19NO2S2. The quantitative estimate of drug-likeness (QED) is 0.803. The highest BCUT2D eigenvalue weighted by atomic mass is 32.2. The summed E-state index contributed by atoms with van der Waals surface area (Å²) in [7, 11) is -1.94. The van der Waals surface area contributed by atoms with Crippen molar-refractivity contribution >= 4 is 27.5 Å². The van der Waals surface area contributed by atoms with Crippen molar-refractivity contribution in [1.29, 1.82) is 0 Å². The number of nitrogens with zero attached hydrogens (tertiary/aromatic N) is 1. The van der Waals surface area contributed by atoms with E-state index in [0.29, 0.717) is 10.6 Å². The molecule has 0 N–H and O–H groups in total. The van der Waals surface area contributed by atoms with E-state index in [-0.39, 0.29) is 0 Å². The molecular weight excluding hydrogens is 302 g/mol. The van der Waals surface area contributed by atoms with E-state index in [1.54, 1.807) is 30.9 Å². The summed E-state index contributed by atoms with van der Waals surface area (Å²) in [5, 5.41) is 0. The number of rotatable bonds is 4. The fourth-order valence-electron chi connectivity index (χ4n) is 2.09. The fourth-order valence-corrected chi connectivity index (χ4v) is 3.75. The maximum absolute atomic E-state index is 12.7. The zero-order chi connectivity index (χ0) is 15.6. The van der Waals surface area contributed by atoms with Crippen LogP contribution >= 0.6 is 11.8 Å². The Balaban J connectivity index is 2.44. The van der Waals surface area contributed by atoms with Crippen LogP contribution in [0.25, 0.3) is 0 Å². The molecule has 0 aliphatic heterocycles. The SMILES string of the molecule is CSc1ccc(S(=O)(=O)N(C)c2cc(C)ccc2C)cc1. The summed E-state index contributed by atoms with van der Waals surface area (Å²) in [6.07, 6.45) is 1.96. The zero-order valence-corrected chi connectivity index (χ0v) is 14.3.